The van der Waals surface area contributed by atoms with Crippen LogP contribution in [0.2, 0.25) is 0 Å². The van der Waals surface area contributed by atoms with Crippen molar-refractivity contribution in [1.82, 2.24) is 5.32 Å². The first-order valence-electron chi connectivity index (χ1n) is 20.0. The van der Waals surface area contributed by atoms with Gasteiger partial charge in [0, 0.05) is 45.7 Å². The second-order valence-corrected chi connectivity index (χ2v) is 18.1. The van der Waals surface area contributed by atoms with Crippen LogP contribution in [0.4, 0.5) is 4.79 Å². The van der Waals surface area contributed by atoms with Gasteiger partial charge in [-0.15, -0.1) is 0 Å². The van der Waals surface area contributed by atoms with Crippen molar-refractivity contribution in [3.8, 4) is 0 Å². The Kier molecular flexibility index (Phi) is 15.0. The normalized spacial score (nSPS) is 31.8. The van der Waals surface area contributed by atoms with Gasteiger partial charge < -0.3 is 49.9 Å². The molecule has 0 spiro atoms. The number of aliphatic hydroxyl groups is 2. The van der Waals surface area contributed by atoms with E-state index < -0.39 is 94.8 Å². The summed E-state index contributed by atoms with van der Waals surface area (Å²) in [6, 6.07) is 7.62. The summed E-state index contributed by atoms with van der Waals surface area (Å²) in [7, 11) is 0. The van der Waals surface area contributed by atoms with Gasteiger partial charge in [-0.25, -0.2) is 14.4 Å². The smallest absolute Gasteiger partial charge is 0.407 e. The van der Waals surface area contributed by atoms with E-state index in [4.69, 9.17) is 28.4 Å². The Bertz CT molecular complexity index is 1710. The molecule has 14 heteroatoms. The number of aliphatic hydroxyl groups excluding tert-OH is 2. The molecule has 1 aliphatic heterocycles. The zero-order chi connectivity index (χ0) is 42.2. The molecule has 0 aromatic heterocycles. The number of amides is 1. The van der Waals surface area contributed by atoms with E-state index >= 15 is 0 Å². The summed E-state index contributed by atoms with van der Waals surface area (Å²) in [6.45, 7) is 21.9. The molecule has 322 valence electrons. The van der Waals surface area contributed by atoms with Crippen molar-refractivity contribution < 1.29 is 78.9 Å². The zero-order valence-electron chi connectivity index (χ0n) is 35.5. The van der Waals surface area contributed by atoms with Crippen LogP contribution in [0.3, 0.4) is 0 Å². The van der Waals surface area contributed by atoms with Crippen LogP contribution in [0.1, 0.15) is 112 Å². The van der Waals surface area contributed by atoms with Gasteiger partial charge in [-0.1, -0.05) is 56.5 Å². The second-order valence-electron chi connectivity index (χ2n) is 18.1. The van der Waals surface area contributed by atoms with Crippen LogP contribution in [0.15, 0.2) is 54.1 Å². The van der Waals surface area contributed by atoms with Crippen molar-refractivity contribution in [2.24, 2.45) is 22.7 Å². The minimum absolute atomic E-state index is 0. The Morgan fingerprint density at radius 3 is 2.29 bits per heavy atom. The first-order chi connectivity index (χ1) is 26.6. The van der Waals surface area contributed by atoms with E-state index in [1.54, 1.807) is 51.1 Å². The molecule has 1 aromatic carbocycles. The van der Waals surface area contributed by atoms with E-state index in [1.807, 2.05) is 41.5 Å². The molecule has 3 N–H and O–H groups in total. The molecule has 11 atom stereocenters. The fourth-order valence-corrected chi connectivity index (χ4v) is 9.88. The van der Waals surface area contributed by atoms with Crippen LogP contribution >= 0.6 is 0 Å². The zero-order valence-corrected chi connectivity index (χ0v) is 37.5. The van der Waals surface area contributed by atoms with Crippen molar-refractivity contribution in [2.45, 2.75) is 155 Å². The SMILES string of the molecule is C=CC(O)OC1C[C@H]2OC[C@@]2(OC(C)=O)C2[C@H](OC(=O)c3ccccc3)[C@]3([C-](C)C)CC(OC(=O)[C@H](O)[C@H](CC(C)C)NC(=O)OC(C)(C)C)C(C)=C3CCC12C.[Mo]. The molecule has 5 rings (SSSR count). The molecule has 0 bridgehead atoms. The number of alkyl carbamates (subject to hydrolysis) is 1. The van der Waals surface area contributed by atoms with Gasteiger partial charge in [-0.05, 0) is 83.1 Å². The van der Waals surface area contributed by atoms with E-state index in [0.717, 1.165) is 17.1 Å². The molecule has 3 aliphatic carbocycles. The van der Waals surface area contributed by atoms with Crippen molar-refractivity contribution in [3.63, 3.8) is 0 Å². The maximum Gasteiger partial charge on any atom is 0.407 e. The molecule has 2 saturated carbocycles. The first kappa shape index (κ1) is 47.6. The van der Waals surface area contributed by atoms with E-state index in [-0.39, 0.29) is 46.4 Å². The first-order valence-corrected chi connectivity index (χ1v) is 20.0. The summed E-state index contributed by atoms with van der Waals surface area (Å²) >= 11 is 0. The van der Waals surface area contributed by atoms with Crippen molar-refractivity contribution >= 4 is 24.0 Å². The molecule has 1 saturated heterocycles. The fourth-order valence-electron chi connectivity index (χ4n) is 9.88. The number of nitrogens with one attached hydrogen (secondary N) is 1. The molecule has 58 heavy (non-hydrogen) atoms. The van der Waals surface area contributed by atoms with Gasteiger partial charge in [0.15, 0.2) is 18.0 Å². The second kappa shape index (κ2) is 18.3. The molecule has 5 unspecified atom stereocenters. The Balaban J connectivity index is 0.00000744. The summed E-state index contributed by atoms with van der Waals surface area (Å²) in [6.07, 6.45) is -3.95. The summed E-state index contributed by atoms with van der Waals surface area (Å²) in [5.41, 5.74) is -1.97. The number of hydrogen-bond donors (Lipinski definition) is 3. The average molecular weight is 893 g/mol. The number of ether oxygens (including phenoxy) is 6. The largest absolute Gasteiger partial charge is 0.460 e. The monoisotopic (exact) mass is 894 g/mol. The quantitative estimate of drug-likeness (QED) is 0.0515. The molecule has 4 aliphatic rings. The number of carbonyl (C=O) groups is 4. The predicted octanol–water partition coefficient (Wildman–Crippen LogP) is 6.15. The Morgan fingerprint density at radius 1 is 1.10 bits per heavy atom. The molecule has 1 amide bonds. The van der Waals surface area contributed by atoms with Crippen molar-refractivity contribution in [1.29, 1.82) is 0 Å². The van der Waals surface area contributed by atoms with Gasteiger partial charge in [-0.2, -0.15) is 13.8 Å². The molecule has 3 fully saturated rings. The number of rotatable bonds is 13. The molecule has 1 heterocycles. The van der Waals surface area contributed by atoms with E-state index in [9.17, 15) is 29.4 Å². The minimum atomic E-state index is -1.71. The maximum absolute atomic E-state index is 14.3. The standard InChI is InChI=1S/C44H62NO12.Mo/c1-12-34(47)54-32-21-33-44(23-52-33,56-27(7)46)36-37(55-38(49)28-16-14-13-15-17-28)43(25(4)5)22-31(26(6)29(43)18-19-42(32,36)11)53-39(50)35(48)30(20-24(2)3)45-40(51)57-41(8,9)10;/h12-17,24,30-37,47-48H,1,18-23H2,2-11H3,(H,45,51);/q-1;/t30-,31?,32?,33+,34?,35+,36?,37-,42?,43-,44-;/m0./s1. The summed E-state index contributed by atoms with van der Waals surface area (Å²) in [5, 5.41) is 24.9. The van der Waals surface area contributed by atoms with Crippen LogP contribution < -0.4 is 5.32 Å². The van der Waals surface area contributed by atoms with E-state index in [2.05, 4.69) is 11.9 Å². The van der Waals surface area contributed by atoms with Crippen LogP contribution in [-0.2, 0) is 59.1 Å². The van der Waals surface area contributed by atoms with Gasteiger partial charge >= 0.3 is 24.0 Å². The number of benzene rings is 1. The minimum Gasteiger partial charge on any atom is -0.460 e. The third-order valence-corrected chi connectivity index (χ3v) is 12.4. The molecule has 0 radical (unpaired) electrons. The third kappa shape index (κ3) is 9.29. The van der Waals surface area contributed by atoms with Gasteiger partial charge in [0.1, 0.15) is 17.8 Å². The summed E-state index contributed by atoms with van der Waals surface area (Å²) in [5.74, 6) is -1.88. The van der Waals surface area contributed by atoms with Crippen molar-refractivity contribution in [2.75, 3.05) is 6.61 Å². The maximum atomic E-state index is 14.3. The molecule has 13 nitrogen and oxygen atoms in total. The number of esters is 3. The number of carbonyl (C=O) groups excluding carboxylic acids is 4. The van der Waals surface area contributed by atoms with Gasteiger partial charge in [0.25, 0.3) is 0 Å². The van der Waals surface area contributed by atoms with Crippen LogP contribution in [0.25, 0.3) is 0 Å². The summed E-state index contributed by atoms with van der Waals surface area (Å²) in [4.78, 5) is 54.1. The Morgan fingerprint density at radius 2 is 1.76 bits per heavy atom. The van der Waals surface area contributed by atoms with Crippen molar-refractivity contribution in [3.05, 3.63) is 65.6 Å². The fraction of sp³-hybridized carbons (Fsp3) is 0.659. The Labute approximate surface area is 357 Å². The van der Waals surface area contributed by atoms with Crippen LogP contribution in [-0.4, -0.2) is 94.9 Å². The van der Waals surface area contributed by atoms with Crippen LogP contribution in [0.5, 0.6) is 0 Å². The summed E-state index contributed by atoms with van der Waals surface area (Å²) < 4.78 is 37.2. The molecule has 1 aromatic rings. The third-order valence-electron chi connectivity index (χ3n) is 12.4. The van der Waals surface area contributed by atoms with E-state index in [0.29, 0.717) is 24.8 Å². The number of fused-ring (bicyclic) bond motifs is 4. The van der Waals surface area contributed by atoms with Crippen LogP contribution in [0, 0.1) is 28.6 Å². The molecular weight excluding hydrogens is 830 g/mol. The van der Waals surface area contributed by atoms with E-state index in [1.165, 1.54) is 13.0 Å². The van der Waals surface area contributed by atoms with Gasteiger partial charge in [0.05, 0.1) is 30.4 Å². The topological polar surface area (TPSA) is 176 Å². The molecular formula is C44H62MoNO12-. The average Bonchev–Trinajstić information content (AvgIpc) is 3.33. The van der Waals surface area contributed by atoms with Gasteiger partial charge in [0.2, 0.25) is 0 Å². The predicted molar refractivity (Wildman–Crippen MR) is 209 cm³/mol. The Hall–Kier alpha value is -3.09. The number of hydrogen-bond acceptors (Lipinski definition) is 12. The van der Waals surface area contributed by atoms with Gasteiger partial charge in [-0.3, -0.25) is 4.79 Å².